The van der Waals surface area contributed by atoms with Crippen LogP contribution in [0.3, 0.4) is 0 Å². The Hall–Kier alpha value is -2.67. The van der Waals surface area contributed by atoms with Crippen molar-refractivity contribution < 1.29 is 9.18 Å². The third-order valence-electron chi connectivity index (χ3n) is 5.58. The highest BCUT2D eigenvalue weighted by Gasteiger charge is 2.26. The maximum Gasteiger partial charge on any atom is 0.142 e. The van der Waals surface area contributed by atoms with E-state index in [1.165, 1.54) is 0 Å². The van der Waals surface area contributed by atoms with E-state index < -0.39 is 6.17 Å². The Kier molecular flexibility index (Phi) is 5.67. The first-order chi connectivity index (χ1) is 14.0. The third-order valence-corrected chi connectivity index (χ3v) is 5.58. The molecule has 0 unspecified atom stereocenters. The molecule has 1 atom stereocenters. The number of carbonyl (C=O) groups excluding carboxylic acids is 1. The van der Waals surface area contributed by atoms with Crippen molar-refractivity contribution in [2.45, 2.75) is 32.4 Å². The standard InChI is InChI=1S/C22H26FN5O/c1-15(23)13-28-7-5-16(6-8-28)22(29)11-20-10-18-9-17(3-4-21(18)26-25-20)19-12-24-27(2)14-19/h3-4,9-10,12,14-16H,5-8,11,13H2,1-2H3/t15-/m1/s1. The van der Waals surface area contributed by atoms with Gasteiger partial charge >= 0.3 is 0 Å². The van der Waals surface area contributed by atoms with E-state index in [4.69, 9.17) is 0 Å². The van der Waals surface area contributed by atoms with Gasteiger partial charge in [-0.25, -0.2) is 4.39 Å². The van der Waals surface area contributed by atoms with Crippen LogP contribution in [0.4, 0.5) is 4.39 Å². The normalized spacial score (nSPS) is 16.9. The molecule has 29 heavy (non-hydrogen) atoms. The van der Waals surface area contributed by atoms with Gasteiger partial charge < -0.3 is 4.90 Å². The molecule has 4 rings (SSSR count). The molecule has 1 fully saturated rings. The van der Waals surface area contributed by atoms with Crippen LogP contribution in [0.5, 0.6) is 0 Å². The topological polar surface area (TPSA) is 63.9 Å². The predicted octanol–water partition coefficient (Wildman–Crippen LogP) is 3.21. The summed E-state index contributed by atoms with van der Waals surface area (Å²) >= 11 is 0. The maximum atomic E-state index is 13.2. The minimum atomic E-state index is -0.827. The number of piperidine rings is 1. The van der Waals surface area contributed by atoms with Crippen LogP contribution in [0.25, 0.3) is 22.0 Å². The Balaban J connectivity index is 1.44. The molecule has 6 nitrogen and oxygen atoms in total. The maximum absolute atomic E-state index is 13.2. The minimum Gasteiger partial charge on any atom is -0.300 e. The molecule has 0 radical (unpaired) electrons. The zero-order valence-corrected chi connectivity index (χ0v) is 16.9. The molecule has 0 bridgehead atoms. The summed E-state index contributed by atoms with van der Waals surface area (Å²) in [5, 5.41) is 13.7. The summed E-state index contributed by atoms with van der Waals surface area (Å²) in [5.74, 6) is 0.232. The van der Waals surface area contributed by atoms with Gasteiger partial charge in [0.1, 0.15) is 12.0 Å². The largest absolute Gasteiger partial charge is 0.300 e. The van der Waals surface area contributed by atoms with Gasteiger partial charge in [-0.3, -0.25) is 9.48 Å². The highest BCUT2D eigenvalue weighted by molar-refractivity contribution is 5.86. The third kappa shape index (κ3) is 4.67. The number of carbonyl (C=O) groups is 1. The number of rotatable bonds is 6. The molecule has 1 aromatic carbocycles. The number of aromatic nitrogens is 4. The van der Waals surface area contributed by atoms with Crippen molar-refractivity contribution in [1.82, 2.24) is 24.9 Å². The molecule has 0 amide bonds. The fourth-order valence-corrected chi connectivity index (χ4v) is 4.04. The lowest BCUT2D eigenvalue weighted by Crippen LogP contribution is -2.39. The summed E-state index contributed by atoms with van der Waals surface area (Å²) in [4.78, 5) is 14.9. The van der Waals surface area contributed by atoms with Gasteiger partial charge in [0.15, 0.2) is 0 Å². The number of ketones is 1. The molecule has 152 valence electrons. The van der Waals surface area contributed by atoms with E-state index in [0.717, 1.165) is 48.0 Å². The molecule has 2 aromatic heterocycles. The van der Waals surface area contributed by atoms with Crippen molar-refractivity contribution in [3.63, 3.8) is 0 Å². The number of Topliss-reactive ketones (excluding diaryl/α,β-unsaturated/α-hetero) is 1. The molecule has 1 saturated heterocycles. The van der Waals surface area contributed by atoms with Crippen LogP contribution in [-0.2, 0) is 18.3 Å². The van der Waals surface area contributed by atoms with E-state index in [2.05, 4.69) is 26.3 Å². The molecule has 1 aliphatic heterocycles. The number of alkyl halides is 1. The van der Waals surface area contributed by atoms with Crippen LogP contribution in [-0.4, -0.2) is 56.5 Å². The van der Waals surface area contributed by atoms with Gasteiger partial charge in [-0.05, 0) is 56.6 Å². The van der Waals surface area contributed by atoms with E-state index in [9.17, 15) is 9.18 Å². The van der Waals surface area contributed by atoms with Gasteiger partial charge in [-0.2, -0.15) is 15.3 Å². The quantitative estimate of drug-likeness (QED) is 0.641. The van der Waals surface area contributed by atoms with Crippen LogP contribution >= 0.6 is 0 Å². The molecule has 7 heteroatoms. The smallest absolute Gasteiger partial charge is 0.142 e. The average molecular weight is 395 g/mol. The number of hydrogen-bond donors (Lipinski definition) is 0. The number of likely N-dealkylation sites (tertiary alicyclic amines) is 1. The van der Waals surface area contributed by atoms with Crippen molar-refractivity contribution in [1.29, 1.82) is 0 Å². The number of benzene rings is 1. The molecule has 0 spiro atoms. The van der Waals surface area contributed by atoms with Crippen LogP contribution in [0.15, 0.2) is 36.7 Å². The van der Waals surface area contributed by atoms with Crippen LogP contribution in [0.2, 0.25) is 0 Å². The summed E-state index contributed by atoms with van der Waals surface area (Å²) in [6, 6.07) is 7.97. The molecule has 0 saturated carbocycles. The van der Waals surface area contributed by atoms with Crippen LogP contribution in [0, 0.1) is 5.92 Å². The average Bonchev–Trinajstić information content (AvgIpc) is 3.14. The minimum absolute atomic E-state index is 0.0281. The zero-order valence-electron chi connectivity index (χ0n) is 16.9. The molecule has 1 aliphatic rings. The molecule has 3 aromatic rings. The van der Waals surface area contributed by atoms with Gasteiger partial charge in [0.25, 0.3) is 0 Å². The summed E-state index contributed by atoms with van der Waals surface area (Å²) in [7, 11) is 1.89. The summed E-state index contributed by atoms with van der Waals surface area (Å²) in [5.41, 5.74) is 3.61. The van der Waals surface area contributed by atoms with Gasteiger partial charge in [-0.1, -0.05) is 6.07 Å². The highest BCUT2D eigenvalue weighted by atomic mass is 19.1. The fourth-order valence-electron chi connectivity index (χ4n) is 4.04. The summed E-state index contributed by atoms with van der Waals surface area (Å²) in [6.45, 7) is 3.59. The van der Waals surface area contributed by atoms with E-state index in [0.29, 0.717) is 18.7 Å². The Bertz CT molecular complexity index is 1010. The lowest BCUT2D eigenvalue weighted by molar-refractivity contribution is -0.123. The first-order valence-corrected chi connectivity index (χ1v) is 10.1. The van der Waals surface area contributed by atoms with E-state index >= 15 is 0 Å². The van der Waals surface area contributed by atoms with E-state index in [1.54, 1.807) is 11.6 Å². The van der Waals surface area contributed by atoms with Gasteiger partial charge in [-0.15, -0.1) is 0 Å². The predicted molar refractivity (Wildman–Crippen MR) is 110 cm³/mol. The SMILES string of the molecule is C[C@@H](F)CN1CCC(C(=O)Cc2cc3cc(-c4cnn(C)c4)ccc3nn2)CC1. The Morgan fingerprint density at radius 2 is 2.00 bits per heavy atom. The second-order valence-corrected chi connectivity index (χ2v) is 8.01. The van der Waals surface area contributed by atoms with Gasteiger partial charge in [0, 0.05) is 36.7 Å². The van der Waals surface area contributed by atoms with Crippen LogP contribution in [0.1, 0.15) is 25.5 Å². The number of aryl methyl sites for hydroxylation is 1. The van der Waals surface area contributed by atoms with Crippen molar-refractivity contribution in [3.05, 3.63) is 42.4 Å². The monoisotopic (exact) mass is 395 g/mol. The van der Waals surface area contributed by atoms with E-state index in [-0.39, 0.29) is 11.7 Å². The van der Waals surface area contributed by atoms with E-state index in [1.807, 2.05) is 37.6 Å². The molecule has 0 N–H and O–H groups in total. The molecular weight excluding hydrogens is 369 g/mol. The van der Waals surface area contributed by atoms with Crippen molar-refractivity contribution in [3.8, 4) is 11.1 Å². The van der Waals surface area contributed by atoms with Crippen molar-refractivity contribution in [2.24, 2.45) is 13.0 Å². The Morgan fingerprint density at radius 3 is 2.69 bits per heavy atom. The van der Waals surface area contributed by atoms with Crippen molar-refractivity contribution in [2.75, 3.05) is 19.6 Å². The Morgan fingerprint density at radius 1 is 1.21 bits per heavy atom. The number of nitrogens with zero attached hydrogens (tertiary/aromatic N) is 5. The Labute approximate surface area is 169 Å². The van der Waals surface area contributed by atoms with Crippen LogP contribution < -0.4 is 0 Å². The van der Waals surface area contributed by atoms with Crippen molar-refractivity contribution >= 4 is 16.7 Å². The summed E-state index contributed by atoms with van der Waals surface area (Å²) < 4.78 is 14.9. The fraction of sp³-hybridized carbons (Fsp3) is 0.455. The molecule has 0 aliphatic carbocycles. The number of halogens is 1. The highest BCUT2D eigenvalue weighted by Crippen LogP contribution is 2.24. The van der Waals surface area contributed by atoms with Gasteiger partial charge in [0.2, 0.25) is 0 Å². The van der Waals surface area contributed by atoms with Gasteiger partial charge in [0.05, 0.1) is 23.8 Å². The number of fused-ring (bicyclic) bond motifs is 1. The number of hydrogen-bond acceptors (Lipinski definition) is 5. The second kappa shape index (κ2) is 8.37. The zero-order chi connectivity index (χ0) is 20.4. The first-order valence-electron chi connectivity index (χ1n) is 10.1. The summed E-state index contributed by atoms with van der Waals surface area (Å²) in [6.07, 6.45) is 4.85. The molecule has 3 heterocycles. The lowest BCUT2D eigenvalue weighted by Gasteiger charge is -2.31. The second-order valence-electron chi connectivity index (χ2n) is 8.01. The first kappa shape index (κ1) is 19.6. The lowest BCUT2D eigenvalue weighted by atomic mass is 9.90. The molecular formula is C22H26FN5O.